The average molecular weight is 458 g/mol. The first-order valence-corrected chi connectivity index (χ1v) is 12.1. The van der Waals surface area contributed by atoms with E-state index in [-0.39, 0.29) is 22.4 Å². The summed E-state index contributed by atoms with van der Waals surface area (Å²) in [6.45, 7) is 3.66. The van der Waals surface area contributed by atoms with Crippen molar-refractivity contribution in [1.29, 1.82) is 0 Å². The molecule has 0 bridgehead atoms. The molecule has 31 heavy (non-hydrogen) atoms. The molecule has 0 spiro atoms. The third-order valence-corrected chi connectivity index (χ3v) is 7.83. The molecule has 2 heterocycles. The molecule has 1 aromatic carbocycles. The molecule has 0 saturated heterocycles. The summed E-state index contributed by atoms with van der Waals surface area (Å²) in [5.41, 5.74) is 3.61. The van der Waals surface area contributed by atoms with E-state index in [0.717, 1.165) is 30.4 Å². The van der Waals surface area contributed by atoms with E-state index in [0.29, 0.717) is 10.6 Å². The molecule has 4 rings (SSSR count). The number of aromatic nitrogens is 1. The van der Waals surface area contributed by atoms with Gasteiger partial charge >= 0.3 is 0 Å². The number of fused-ring (bicyclic) bond motifs is 1. The molecule has 0 saturated carbocycles. The fourth-order valence-electron chi connectivity index (χ4n) is 3.64. The minimum atomic E-state index is -4.01. The van der Waals surface area contributed by atoms with Gasteiger partial charge in [0.25, 0.3) is 15.9 Å². The van der Waals surface area contributed by atoms with E-state index in [1.807, 2.05) is 38.1 Å². The maximum atomic E-state index is 13.1. The van der Waals surface area contributed by atoms with E-state index in [4.69, 9.17) is 4.74 Å². The number of carbonyl (C=O) groups excluding carboxylic acids is 1. The molecule has 2 aromatic heterocycles. The number of ether oxygens (including phenoxy) is 1. The first-order chi connectivity index (χ1) is 14.8. The number of nitrogens with zero attached hydrogens (tertiary/aromatic N) is 1. The van der Waals surface area contributed by atoms with Crippen LogP contribution in [0.25, 0.3) is 0 Å². The normalized spacial score (nSPS) is 13.0. The van der Waals surface area contributed by atoms with E-state index in [2.05, 4.69) is 15.0 Å². The molecule has 1 aliphatic carbocycles. The molecule has 3 aromatic rings. The SMILES string of the molecule is COc1ncc(NC(=O)c2cc3c(s2)CCC3)cc1S(=O)(=O)Nc1c(C)cccc1C. The number of nitrogens with one attached hydrogen (secondary N) is 2. The first kappa shape index (κ1) is 21.3. The molecule has 0 aliphatic heterocycles. The molecule has 2 N–H and O–H groups in total. The number of sulfonamides is 1. The number of hydrogen-bond acceptors (Lipinski definition) is 6. The van der Waals surface area contributed by atoms with E-state index in [1.165, 1.54) is 41.2 Å². The Balaban J connectivity index is 1.63. The van der Waals surface area contributed by atoms with Gasteiger partial charge in [0, 0.05) is 4.88 Å². The van der Waals surface area contributed by atoms with E-state index >= 15 is 0 Å². The first-order valence-electron chi connectivity index (χ1n) is 9.84. The Kier molecular flexibility index (Phi) is 5.72. The zero-order chi connectivity index (χ0) is 22.2. The number of hydrogen-bond donors (Lipinski definition) is 2. The number of para-hydroxylation sites is 1. The van der Waals surface area contributed by atoms with Crippen LogP contribution >= 0.6 is 11.3 Å². The van der Waals surface area contributed by atoms with Crippen molar-refractivity contribution in [3.05, 3.63) is 63.0 Å². The molecule has 9 heteroatoms. The zero-order valence-electron chi connectivity index (χ0n) is 17.5. The lowest BCUT2D eigenvalue weighted by Crippen LogP contribution is -2.17. The van der Waals surface area contributed by atoms with Gasteiger partial charge in [0.2, 0.25) is 5.88 Å². The highest BCUT2D eigenvalue weighted by molar-refractivity contribution is 7.92. The van der Waals surface area contributed by atoms with Gasteiger partial charge in [-0.3, -0.25) is 9.52 Å². The minimum Gasteiger partial charge on any atom is -0.480 e. The van der Waals surface area contributed by atoms with Crippen LogP contribution in [0, 0.1) is 13.8 Å². The Morgan fingerprint density at radius 1 is 1.16 bits per heavy atom. The monoisotopic (exact) mass is 457 g/mol. The summed E-state index contributed by atoms with van der Waals surface area (Å²) in [4.78, 5) is 18.5. The summed E-state index contributed by atoms with van der Waals surface area (Å²) in [5.74, 6) is -0.329. The van der Waals surface area contributed by atoms with Crippen LogP contribution in [0.1, 0.15) is 37.7 Å². The predicted octanol–water partition coefficient (Wildman–Crippen LogP) is 4.31. The number of aryl methyl sites for hydroxylation is 4. The van der Waals surface area contributed by atoms with Crippen LogP contribution in [0.3, 0.4) is 0 Å². The van der Waals surface area contributed by atoms with Crippen molar-refractivity contribution >= 4 is 38.6 Å². The summed E-state index contributed by atoms with van der Waals surface area (Å²) in [6, 6.07) is 8.80. The fourth-order valence-corrected chi connectivity index (χ4v) is 6.14. The van der Waals surface area contributed by atoms with Crippen molar-refractivity contribution in [1.82, 2.24) is 4.98 Å². The quantitative estimate of drug-likeness (QED) is 0.575. The maximum absolute atomic E-state index is 13.1. The lowest BCUT2D eigenvalue weighted by atomic mass is 10.1. The lowest BCUT2D eigenvalue weighted by molar-refractivity contribution is 0.103. The second-order valence-corrected chi connectivity index (χ2v) is 10.3. The second kappa shape index (κ2) is 8.32. The van der Waals surface area contributed by atoms with E-state index in [1.54, 1.807) is 0 Å². The van der Waals surface area contributed by atoms with Gasteiger partial charge in [-0.1, -0.05) is 18.2 Å². The summed E-state index contributed by atoms with van der Waals surface area (Å²) >= 11 is 1.48. The van der Waals surface area contributed by atoms with Crippen LogP contribution in [0.2, 0.25) is 0 Å². The van der Waals surface area contributed by atoms with Crippen molar-refractivity contribution in [2.45, 2.75) is 38.0 Å². The molecule has 0 unspecified atom stereocenters. The number of carbonyl (C=O) groups is 1. The van der Waals surface area contributed by atoms with Crippen molar-refractivity contribution in [3.8, 4) is 5.88 Å². The van der Waals surface area contributed by atoms with Crippen LogP contribution in [0.4, 0.5) is 11.4 Å². The van der Waals surface area contributed by atoms with Gasteiger partial charge in [-0.05, 0) is 61.9 Å². The molecule has 7 nitrogen and oxygen atoms in total. The molecular formula is C22H23N3O4S2. The summed E-state index contributed by atoms with van der Waals surface area (Å²) in [6.07, 6.45) is 4.51. The van der Waals surface area contributed by atoms with Gasteiger partial charge in [-0.25, -0.2) is 13.4 Å². The molecule has 0 atom stereocenters. The highest BCUT2D eigenvalue weighted by Crippen LogP contribution is 2.32. The summed E-state index contributed by atoms with van der Waals surface area (Å²) < 4.78 is 34.1. The van der Waals surface area contributed by atoms with Crippen molar-refractivity contribution in [2.75, 3.05) is 17.1 Å². The van der Waals surface area contributed by atoms with E-state index < -0.39 is 10.0 Å². The van der Waals surface area contributed by atoms with Crippen molar-refractivity contribution < 1.29 is 17.9 Å². The topological polar surface area (TPSA) is 97.4 Å². The van der Waals surface area contributed by atoms with Crippen LogP contribution in [0.5, 0.6) is 5.88 Å². The number of amides is 1. The number of methoxy groups -OCH3 is 1. The molecule has 0 fully saturated rings. The van der Waals surface area contributed by atoms with Gasteiger partial charge < -0.3 is 10.1 Å². The molecule has 0 radical (unpaired) electrons. The molecule has 162 valence electrons. The zero-order valence-corrected chi connectivity index (χ0v) is 19.1. The lowest BCUT2D eigenvalue weighted by Gasteiger charge is -2.15. The molecule has 1 amide bonds. The Bertz CT molecular complexity index is 1220. The molecule has 1 aliphatic rings. The average Bonchev–Trinajstić information content (AvgIpc) is 3.33. The third-order valence-electron chi connectivity index (χ3n) is 5.25. The van der Waals surface area contributed by atoms with Crippen molar-refractivity contribution in [2.24, 2.45) is 0 Å². The number of thiophene rings is 1. The van der Waals surface area contributed by atoms with Gasteiger partial charge in [-0.2, -0.15) is 0 Å². The standard InChI is InChI=1S/C22H23N3O4S2/c1-13-6-4-7-14(2)20(13)25-31(27,28)19-11-16(12-23-22(19)29-3)24-21(26)18-10-15-8-5-9-17(15)30-18/h4,6-7,10-12,25H,5,8-9H2,1-3H3,(H,24,26). The number of anilines is 2. The van der Waals surface area contributed by atoms with Gasteiger partial charge in [0.05, 0.1) is 29.6 Å². The maximum Gasteiger partial charge on any atom is 0.267 e. The number of pyridine rings is 1. The van der Waals surface area contributed by atoms with Gasteiger partial charge in [0.1, 0.15) is 0 Å². The van der Waals surface area contributed by atoms with Crippen LogP contribution in [0.15, 0.2) is 41.4 Å². The van der Waals surface area contributed by atoms with Gasteiger partial charge in [-0.15, -0.1) is 11.3 Å². The summed E-state index contributed by atoms with van der Waals surface area (Å²) in [7, 11) is -2.65. The van der Waals surface area contributed by atoms with Crippen molar-refractivity contribution in [3.63, 3.8) is 0 Å². The highest BCUT2D eigenvalue weighted by Gasteiger charge is 2.24. The molecular weight excluding hydrogens is 434 g/mol. The Morgan fingerprint density at radius 2 is 1.90 bits per heavy atom. The minimum absolute atomic E-state index is 0.0492. The largest absolute Gasteiger partial charge is 0.480 e. The second-order valence-electron chi connectivity index (χ2n) is 7.47. The van der Waals surface area contributed by atoms with Crippen LogP contribution in [-0.2, 0) is 22.9 Å². The predicted molar refractivity (Wildman–Crippen MR) is 122 cm³/mol. The van der Waals surface area contributed by atoms with Crippen LogP contribution in [-0.4, -0.2) is 26.4 Å². The fraction of sp³-hybridized carbons (Fsp3) is 0.273. The Hall–Kier alpha value is -2.91. The third kappa shape index (κ3) is 4.28. The summed E-state index contributed by atoms with van der Waals surface area (Å²) in [5, 5.41) is 2.76. The Labute approximate surface area is 185 Å². The Morgan fingerprint density at radius 3 is 2.58 bits per heavy atom. The highest BCUT2D eigenvalue weighted by atomic mass is 32.2. The number of rotatable bonds is 6. The number of benzene rings is 1. The van der Waals surface area contributed by atoms with Gasteiger partial charge in [0.15, 0.2) is 4.90 Å². The van der Waals surface area contributed by atoms with Crippen LogP contribution < -0.4 is 14.8 Å². The van der Waals surface area contributed by atoms with E-state index in [9.17, 15) is 13.2 Å². The smallest absolute Gasteiger partial charge is 0.267 e.